The molecule has 1 saturated heterocycles. The van der Waals surface area contributed by atoms with Crippen LogP contribution in [0.3, 0.4) is 0 Å². The molecule has 20 heavy (non-hydrogen) atoms. The molecule has 2 atom stereocenters. The lowest BCUT2D eigenvalue weighted by atomic mass is 9.95. The molecule has 0 aromatic carbocycles. The lowest BCUT2D eigenvalue weighted by Crippen LogP contribution is -2.40. The molecule has 1 unspecified atom stereocenters. The van der Waals surface area contributed by atoms with E-state index in [4.69, 9.17) is 0 Å². The Hall–Kier alpha value is -1.40. The molecule has 5 nitrogen and oxygen atoms in total. The van der Waals surface area contributed by atoms with Crippen LogP contribution in [0.4, 0.5) is 0 Å². The summed E-state index contributed by atoms with van der Waals surface area (Å²) in [6.45, 7) is 0.112. The number of hydrogen-bond donors (Lipinski definition) is 2. The minimum Gasteiger partial charge on any atom is -0.480 e. The van der Waals surface area contributed by atoms with E-state index >= 15 is 0 Å². The van der Waals surface area contributed by atoms with E-state index in [9.17, 15) is 19.8 Å². The van der Waals surface area contributed by atoms with Gasteiger partial charge in [-0.15, -0.1) is 11.3 Å². The van der Waals surface area contributed by atoms with Gasteiger partial charge < -0.3 is 15.1 Å². The molecule has 108 valence electrons. The highest BCUT2D eigenvalue weighted by Crippen LogP contribution is 2.32. The number of likely N-dealkylation sites (tertiary alicyclic amines) is 1. The number of rotatable bonds is 2. The van der Waals surface area contributed by atoms with Gasteiger partial charge in [-0.3, -0.25) is 4.79 Å². The van der Waals surface area contributed by atoms with Gasteiger partial charge in [-0.25, -0.2) is 4.79 Å². The number of amides is 1. The third-order valence-corrected chi connectivity index (χ3v) is 5.21. The highest BCUT2D eigenvalue weighted by molar-refractivity contribution is 7.10. The van der Waals surface area contributed by atoms with Crippen LogP contribution in [0.25, 0.3) is 0 Å². The molecule has 1 aliphatic heterocycles. The summed E-state index contributed by atoms with van der Waals surface area (Å²) in [6, 6.07) is -0.906. The Kier molecular flexibility index (Phi) is 3.52. The number of aliphatic carboxylic acids is 1. The second-order valence-corrected chi connectivity index (χ2v) is 6.42. The zero-order valence-corrected chi connectivity index (χ0v) is 11.9. The third-order valence-electron chi connectivity index (χ3n) is 4.12. The Morgan fingerprint density at radius 1 is 1.30 bits per heavy atom. The number of aliphatic hydroxyl groups is 1. The van der Waals surface area contributed by atoms with E-state index in [1.165, 1.54) is 9.78 Å². The zero-order valence-electron chi connectivity index (χ0n) is 11.0. The molecule has 3 rings (SSSR count). The number of carbonyl (C=O) groups is 2. The molecule has 1 amide bonds. The molecule has 0 radical (unpaired) electrons. The number of β-amino-alcohol motifs (C(OH)–C–C–N with tert-alkyl or cyclic N) is 1. The fraction of sp³-hybridized carbons (Fsp3) is 0.571. The van der Waals surface area contributed by atoms with Crippen molar-refractivity contribution in [1.29, 1.82) is 0 Å². The van der Waals surface area contributed by atoms with Gasteiger partial charge in [-0.05, 0) is 31.2 Å². The first-order valence-electron chi connectivity index (χ1n) is 6.89. The van der Waals surface area contributed by atoms with E-state index in [-0.39, 0.29) is 18.9 Å². The summed E-state index contributed by atoms with van der Waals surface area (Å²) in [6.07, 6.45) is 3.52. The van der Waals surface area contributed by atoms with Gasteiger partial charge in [0.15, 0.2) is 0 Å². The van der Waals surface area contributed by atoms with Crippen molar-refractivity contribution < 1.29 is 19.8 Å². The summed E-state index contributed by atoms with van der Waals surface area (Å²) in [4.78, 5) is 26.4. The number of aryl methyl sites for hydroxylation is 1. The van der Waals surface area contributed by atoms with E-state index < -0.39 is 18.1 Å². The van der Waals surface area contributed by atoms with E-state index in [1.54, 1.807) is 11.3 Å². The fourth-order valence-electron chi connectivity index (χ4n) is 3.10. The standard InChI is InChI=1S/C14H17NO4S/c16-8-5-11(14(18)19)15(6-8)13(17)10-7-20-12-4-2-1-3-9(10)12/h7-8,11,16H,1-6H2,(H,18,19)/t8?,11-/m0/s1. The van der Waals surface area contributed by atoms with Crippen LogP contribution in [0.5, 0.6) is 0 Å². The molecule has 1 aromatic heterocycles. The van der Waals surface area contributed by atoms with Crippen LogP contribution >= 0.6 is 11.3 Å². The molecule has 1 aromatic rings. The second kappa shape index (κ2) is 5.18. The average molecular weight is 295 g/mol. The van der Waals surface area contributed by atoms with Crippen LogP contribution in [0.1, 0.15) is 40.1 Å². The monoisotopic (exact) mass is 295 g/mol. The van der Waals surface area contributed by atoms with E-state index in [1.807, 2.05) is 5.38 Å². The molecular weight excluding hydrogens is 278 g/mol. The summed E-state index contributed by atoms with van der Waals surface area (Å²) in [7, 11) is 0. The van der Waals surface area contributed by atoms with Crippen molar-refractivity contribution in [2.45, 2.75) is 44.2 Å². The predicted molar refractivity (Wildman–Crippen MR) is 74.0 cm³/mol. The summed E-state index contributed by atoms with van der Waals surface area (Å²) >= 11 is 1.59. The molecule has 0 spiro atoms. The first kappa shape index (κ1) is 13.6. The summed E-state index contributed by atoms with van der Waals surface area (Å²) in [5.74, 6) is -1.28. The SMILES string of the molecule is O=C(O)[C@@H]1CC(O)CN1C(=O)c1csc2c1CCCC2. The lowest BCUT2D eigenvalue weighted by Gasteiger charge is -2.22. The number of carbonyl (C=O) groups excluding carboxylic acids is 1. The topological polar surface area (TPSA) is 77.8 Å². The van der Waals surface area contributed by atoms with Crippen LogP contribution in [-0.2, 0) is 17.6 Å². The quantitative estimate of drug-likeness (QED) is 0.862. The van der Waals surface area contributed by atoms with Crippen LogP contribution in [0.2, 0.25) is 0 Å². The van der Waals surface area contributed by atoms with Crippen LogP contribution in [-0.4, -0.2) is 45.7 Å². The number of carboxylic acids is 1. The zero-order chi connectivity index (χ0) is 14.3. The van der Waals surface area contributed by atoms with Crippen molar-refractivity contribution >= 4 is 23.2 Å². The fourth-order valence-corrected chi connectivity index (χ4v) is 4.22. The maximum absolute atomic E-state index is 12.6. The van der Waals surface area contributed by atoms with Gasteiger partial charge in [-0.2, -0.15) is 0 Å². The minimum atomic E-state index is -1.04. The number of nitrogens with zero attached hydrogens (tertiary/aromatic N) is 1. The Bertz CT molecular complexity index is 553. The largest absolute Gasteiger partial charge is 0.480 e. The maximum atomic E-state index is 12.6. The number of thiophene rings is 1. The summed E-state index contributed by atoms with van der Waals surface area (Å²) in [5.41, 5.74) is 1.74. The molecule has 1 fully saturated rings. The Balaban J connectivity index is 1.88. The molecular formula is C14H17NO4S. The minimum absolute atomic E-state index is 0.112. The van der Waals surface area contributed by atoms with Crippen LogP contribution in [0.15, 0.2) is 5.38 Å². The average Bonchev–Trinajstić information content (AvgIpc) is 3.01. The van der Waals surface area contributed by atoms with Gasteiger partial charge in [0.05, 0.1) is 11.7 Å². The van der Waals surface area contributed by atoms with E-state index in [0.717, 1.165) is 31.2 Å². The molecule has 2 N–H and O–H groups in total. The van der Waals surface area contributed by atoms with Crippen molar-refractivity contribution in [2.75, 3.05) is 6.54 Å². The summed E-state index contributed by atoms with van der Waals surface area (Å²) in [5, 5.41) is 20.7. The third kappa shape index (κ3) is 2.23. The maximum Gasteiger partial charge on any atom is 0.326 e. The molecule has 2 heterocycles. The number of carboxylic acid groups (broad SMARTS) is 1. The Morgan fingerprint density at radius 3 is 2.80 bits per heavy atom. The summed E-state index contributed by atoms with van der Waals surface area (Å²) < 4.78 is 0. The highest BCUT2D eigenvalue weighted by Gasteiger charge is 2.40. The number of fused-ring (bicyclic) bond motifs is 1. The Labute approximate surface area is 120 Å². The molecule has 0 bridgehead atoms. The first-order chi connectivity index (χ1) is 9.58. The van der Waals surface area contributed by atoms with Gasteiger partial charge in [0.2, 0.25) is 0 Å². The first-order valence-corrected chi connectivity index (χ1v) is 7.77. The molecule has 6 heteroatoms. The normalized spacial score (nSPS) is 25.6. The van der Waals surface area contributed by atoms with Gasteiger partial charge in [-0.1, -0.05) is 0 Å². The van der Waals surface area contributed by atoms with Gasteiger partial charge in [0, 0.05) is 23.2 Å². The van der Waals surface area contributed by atoms with Crippen molar-refractivity contribution in [2.24, 2.45) is 0 Å². The van der Waals surface area contributed by atoms with Gasteiger partial charge >= 0.3 is 5.97 Å². The van der Waals surface area contributed by atoms with Gasteiger partial charge in [0.1, 0.15) is 6.04 Å². The predicted octanol–water partition coefficient (Wildman–Crippen LogP) is 1.29. The van der Waals surface area contributed by atoms with E-state index in [0.29, 0.717) is 5.56 Å². The van der Waals surface area contributed by atoms with Crippen molar-refractivity contribution in [3.63, 3.8) is 0 Å². The van der Waals surface area contributed by atoms with Crippen LogP contribution in [0, 0.1) is 0 Å². The smallest absolute Gasteiger partial charge is 0.326 e. The molecule has 2 aliphatic rings. The Morgan fingerprint density at radius 2 is 2.05 bits per heavy atom. The number of aliphatic hydroxyl groups excluding tert-OH is 1. The van der Waals surface area contributed by atoms with Crippen molar-refractivity contribution in [1.82, 2.24) is 4.90 Å². The molecule has 0 saturated carbocycles. The van der Waals surface area contributed by atoms with Crippen molar-refractivity contribution in [3.05, 3.63) is 21.4 Å². The van der Waals surface area contributed by atoms with Gasteiger partial charge in [0.25, 0.3) is 5.91 Å². The number of hydrogen-bond acceptors (Lipinski definition) is 4. The molecule has 1 aliphatic carbocycles. The van der Waals surface area contributed by atoms with E-state index in [2.05, 4.69) is 0 Å². The lowest BCUT2D eigenvalue weighted by molar-refractivity contribution is -0.141. The van der Waals surface area contributed by atoms with Crippen LogP contribution < -0.4 is 0 Å². The van der Waals surface area contributed by atoms with Crippen molar-refractivity contribution in [3.8, 4) is 0 Å². The second-order valence-electron chi connectivity index (χ2n) is 5.46. The highest BCUT2D eigenvalue weighted by atomic mass is 32.1.